The van der Waals surface area contributed by atoms with Gasteiger partial charge in [-0.2, -0.15) is 5.10 Å². The first kappa shape index (κ1) is 17.2. The van der Waals surface area contributed by atoms with Crippen LogP contribution in [0.1, 0.15) is 15.9 Å². The van der Waals surface area contributed by atoms with Crippen molar-refractivity contribution in [3.63, 3.8) is 0 Å². The van der Waals surface area contributed by atoms with Crippen LogP contribution in [0.3, 0.4) is 0 Å². The molecule has 0 spiro atoms. The molecule has 2 aromatic rings. The Morgan fingerprint density at radius 2 is 2.00 bits per heavy atom. The summed E-state index contributed by atoms with van der Waals surface area (Å²) < 4.78 is 4.99. The number of hydrogen-bond acceptors (Lipinski definition) is 5. The van der Waals surface area contributed by atoms with Gasteiger partial charge in [0.25, 0.3) is 5.91 Å². The Balaban J connectivity index is 1.72. The number of aromatic nitrogens is 1. The summed E-state index contributed by atoms with van der Waals surface area (Å²) >= 11 is 11.6. The van der Waals surface area contributed by atoms with E-state index in [4.69, 9.17) is 27.9 Å². The van der Waals surface area contributed by atoms with Gasteiger partial charge in [0, 0.05) is 24.5 Å². The molecule has 0 unspecified atom stereocenters. The zero-order valence-electron chi connectivity index (χ0n) is 13.0. The highest BCUT2D eigenvalue weighted by Crippen LogP contribution is 2.20. The molecular weight excluding hydrogens is 367 g/mol. The molecule has 128 valence electrons. The number of halogens is 2. The number of carbonyl (C=O) groups is 2. The first-order valence-electron chi connectivity index (χ1n) is 7.15. The van der Waals surface area contributed by atoms with Gasteiger partial charge in [0.05, 0.1) is 10.6 Å². The first-order chi connectivity index (χ1) is 11.9. The molecule has 0 saturated heterocycles. The van der Waals surface area contributed by atoms with Crippen LogP contribution in [-0.4, -0.2) is 41.4 Å². The second kappa shape index (κ2) is 7.08. The molecule has 7 nitrogen and oxygen atoms in total. The number of pyridine rings is 1. The number of benzene rings is 1. The predicted molar refractivity (Wildman–Crippen MR) is 94.3 cm³/mol. The first-order valence-corrected chi connectivity index (χ1v) is 7.90. The van der Waals surface area contributed by atoms with Gasteiger partial charge in [0.15, 0.2) is 0 Å². The van der Waals surface area contributed by atoms with E-state index in [1.165, 1.54) is 19.3 Å². The summed E-state index contributed by atoms with van der Waals surface area (Å²) in [4.78, 5) is 27.3. The molecule has 1 aliphatic rings. The monoisotopic (exact) mass is 378 g/mol. The molecule has 0 fully saturated rings. The van der Waals surface area contributed by atoms with Crippen LogP contribution >= 0.6 is 23.2 Å². The van der Waals surface area contributed by atoms with E-state index in [0.717, 1.165) is 10.6 Å². The number of hydrogen-bond donors (Lipinski definition) is 1. The van der Waals surface area contributed by atoms with Crippen molar-refractivity contribution in [2.75, 3.05) is 19.0 Å². The Hall–Kier alpha value is -2.64. The molecule has 2 heterocycles. The van der Waals surface area contributed by atoms with Crippen molar-refractivity contribution < 1.29 is 14.3 Å². The summed E-state index contributed by atoms with van der Waals surface area (Å²) in [5.41, 5.74) is 2.28. The SMILES string of the molecule is CN1N=C(c2ccc(NC(=O)c3cnc(Cl)c(Cl)c3)cc2)COC1=O. The smallest absolute Gasteiger partial charge is 0.430 e. The Morgan fingerprint density at radius 3 is 2.64 bits per heavy atom. The summed E-state index contributed by atoms with van der Waals surface area (Å²) in [6, 6.07) is 8.43. The number of carbonyl (C=O) groups excluding carboxylic acids is 2. The minimum Gasteiger partial charge on any atom is -0.442 e. The lowest BCUT2D eigenvalue weighted by atomic mass is 10.1. The molecule has 1 N–H and O–H groups in total. The maximum atomic E-state index is 12.2. The molecule has 0 aliphatic carbocycles. The van der Waals surface area contributed by atoms with Crippen LogP contribution in [0.4, 0.5) is 10.5 Å². The standard InChI is InChI=1S/C16H12Cl2N4O3/c1-22-16(24)25-8-13(21-22)9-2-4-11(5-3-9)20-15(23)10-6-12(17)14(18)19-7-10/h2-7H,8H2,1H3,(H,20,23). The van der Waals surface area contributed by atoms with Crippen LogP contribution < -0.4 is 5.32 Å². The molecule has 0 radical (unpaired) electrons. The summed E-state index contributed by atoms with van der Waals surface area (Å²) in [5.74, 6) is -0.359. The lowest BCUT2D eigenvalue weighted by molar-refractivity contribution is 0.102. The van der Waals surface area contributed by atoms with Gasteiger partial charge in [-0.1, -0.05) is 35.3 Å². The Morgan fingerprint density at radius 1 is 1.28 bits per heavy atom. The van der Waals surface area contributed by atoms with Crippen LogP contribution in [0, 0.1) is 0 Å². The molecule has 25 heavy (non-hydrogen) atoms. The van der Waals surface area contributed by atoms with Crippen LogP contribution in [0.5, 0.6) is 0 Å². The third-order valence-corrected chi connectivity index (χ3v) is 4.09. The van der Waals surface area contributed by atoms with Gasteiger partial charge in [-0.3, -0.25) is 4.79 Å². The normalized spacial score (nSPS) is 14.0. The Bertz CT molecular complexity index is 868. The van der Waals surface area contributed by atoms with Gasteiger partial charge in [-0.25, -0.2) is 14.8 Å². The topological polar surface area (TPSA) is 83.9 Å². The van der Waals surface area contributed by atoms with Crippen LogP contribution in [-0.2, 0) is 4.74 Å². The Labute approximate surface area is 153 Å². The molecule has 2 amide bonds. The largest absolute Gasteiger partial charge is 0.442 e. The molecule has 0 atom stereocenters. The van der Waals surface area contributed by atoms with Crippen molar-refractivity contribution in [2.45, 2.75) is 0 Å². The third kappa shape index (κ3) is 3.89. The average molecular weight is 379 g/mol. The minimum absolute atomic E-state index is 0.101. The predicted octanol–water partition coefficient (Wildman–Crippen LogP) is 3.43. The third-order valence-electron chi connectivity index (χ3n) is 3.40. The van der Waals surface area contributed by atoms with Crippen molar-refractivity contribution >= 4 is 46.6 Å². The van der Waals surface area contributed by atoms with Gasteiger partial charge in [0.2, 0.25) is 0 Å². The highest BCUT2D eigenvalue weighted by molar-refractivity contribution is 6.41. The van der Waals surface area contributed by atoms with Crippen molar-refractivity contribution in [3.8, 4) is 0 Å². The van der Waals surface area contributed by atoms with Gasteiger partial charge in [-0.05, 0) is 18.2 Å². The number of cyclic esters (lactones) is 1. The zero-order valence-corrected chi connectivity index (χ0v) is 14.5. The van der Waals surface area contributed by atoms with E-state index in [9.17, 15) is 9.59 Å². The van der Waals surface area contributed by atoms with Gasteiger partial charge in [-0.15, -0.1) is 0 Å². The molecule has 0 saturated carbocycles. The van der Waals surface area contributed by atoms with Crippen LogP contribution in [0.25, 0.3) is 0 Å². The molecule has 1 aromatic heterocycles. The molecular formula is C16H12Cl2N4O3. The van der Waals surface area contributed by atoms with E-state index in [0.29, 0.717) is 17.0 Å². The average Bonchev–Trinajstić information content (AvgIpc) is 2.60. The molecule has 1 aliphatic heterocycles. The fraction of sp³-hybridized carbons (Fsp3) is 0.125. The summed E-state index contributed by atoms with van der Waals surface area (Å²) in [7, 11) is 1.52. The highest BCUT2D eigenvalue weighted by Gasteiger charge is 2.19. The van der Waals surface area contributed by atoms with E-state index in [1.807, 2.05) is 0 Å². The van der Waals surface area contributed by atoms with Crippen molar-refractivity contribution in [1.82, 2.24) is 9.99 Å². The van der Waals surface area contributed by atoms with Gasteiger partial charge < -0.3 is 10.1 Å². The molecule has 3 rings (SSSR count). The van der Waals surface area contributed by atoms with E-state index in [2.05, 4.69) is 15.4 Å². The second-order valence-electron chi connectivity index (χ2n) is 5.15. The van der Waals surface area contributed by atoms with E-state index >= 15 is 0 Å². The fourth-order valence-electron chi connectivity index (χ4n) is 2.11. The number of nitrogens with zero attached hydrogens (tertiary/aromatic N) is 3. The maximum Gasteiger partial charge on any atom is 0.430 e. The number of amides is 2. The maximum absolute atomic E-state index is 12.2. The van der Waals surface area contributed by atoms with Crippen LogP contribution in [0.2, 0.25) is 10.2 Å². The minimum atomic E-state index is -0.497. The Kier molecular flexibility index (Phi) is 4.87. The van der Waals surface area contributed by atoms with Gasteiger partial charge >= 0.3 is 6.09 Å². The molecule has 9 heteroatoms. The lowest BCUT2D eigenvalue weighted by Crippen LogP contribution is -2.32. The van der Waals surface area contributed by atoms with Crippen molar-refractivity contribution in [2.24, 2.45) is 5.10 Å². The number of ether oxygens (including phenoxy) is 1. The highest BCUT2D eigenvalue weighted by atomic mass is 35.5. The molecule has 0 bridgehead atoms. The van der Waals surface area contributed by atoms with Crippen molar-refractivity contribution in [1.29, 1.82) is 0 Å². The quantitative estimate of drug-likeness (QED) is 0.829. The summed E-state index contributed by atoms with van der Waals surface area (Å²) in [5, 5.41) is 8.35. The number of anilines is 1. The lowest BCUT2D eigenvalue weighted by Gasteiger charge is -2.19. The molecule has 1 aromatic carbocycles. The summed E-state index contributed by atoms with van der Waals surface area (Å²) in [6.07, 6.45) is 0.849. The van der Waals surface area contributed by atoms with Crippen LogP contribution in [0.15, 0.2) is 41.6 Å². The van der Waals surface area contributed by atoms with Crippen molar-refractivity contribution in [3.05, 3.63) is 57.8 Å². The van der Waals surface area contributed by atoms with Gasteiger partial charge in [0.1, 0.15) is 17.5 Å². The number of rotatable bonds is 3. The van der Waals surface area contributed by atoms with E-state index in [1.54, 1.807) is 24.3 Å². The number of hydrazone groups is 1. The summed E-state index contributed by atoms with van der Waals surface area (Å²) in [6.45, 7) is 0.101. The second-order valence-corrected chi connectivity index (χ2v) is 5.92. The van der Waals surface area contributed by atoms with E-state index in [-0.39, 0.29) is 22.7 Å². The fourth-order valence-corrected chi connectivity index (χ4v) is 2.38. The zero-order chi connectivity index (χ0) is 18.0. The number of nitrogens with one attached hydrogen (secondary N) is 1. The van der Waals surface area contributed by atoms with E-state index < -0.39 is 6.09 Å².